The van der Waals surface area contributed by atoms with E-state index < -0.39 is 23.2 Å². The van der Waals surface area contributed by atoms with Crippen molar-refractivity contribution in [1.29, 1.82) is 0 Å². The van der Waals surface area contributed by atoms with Crippen LogP contribution in [0.2, 0.25) is 0 Å². The van der Waals surface area contributed by atoms with Gasteiger partial charge in [0.05, 0.1) is 17.7 Å². The molecule has 1 fully saturated rings. The minimum absolute atomic E-state index is 0.0572. The van der Waals surface area contributed by atoms with Crippen molar-refractivity contribution in [2.75, 3.05) is 25.2 Å². The van der Waals surface area contributed by atoms with Gasteiger partial charge in [0, 0.05) is 12.7 Å². The maximum absolute atomic E-state index is 13.4. The average molecular weight is 351 g/mol. The van der Waals surface area contributed by atoms with Gasteiger partial charge < -0.3 is 14.4 Å². The lowest BCUT2D eigenvalue weighted by atomic mass is 10.0. The lowest BCUT2D eigenvalue weighted by Gasteiger charge is -2.20. The van der Waals surface area contributed by atoms with Crippen LogP contribution in [-0.4, -0.2) is 32.3 Å². The number of carbonyl (C=O) groups is 1. The Hall–Kier alpha value is -2.54. The van der Waals surface area contributed by atoms with Gasteiger partial charge in [-0.25, -0.2) is 0 Å². The highest BCUT2D eigenvalue weighted by Gasteiger charge is 2.36. The molecule has 0 N–H and O–H groups in total. The Bertz CT molecular complexity index is 758. The SMILES string of the molecule is CN(C(=O)c1ccc(OCC2CO2)cc1C(F)(F)F)c1ccccc1. The third-order valence-corrected chi connectivity index (χ3v) is 3.81. The zero-order chi connectivity index (χ0) is 18.0. The molecule has 1 saturated heterocycles. The van der Waals surface area contributed by atoms with E-state index in [1.807, 2.05) is 0 Å². The summed E-state index contributed by atoms with van der Waals surface area (Å²) in [5.41, 5.74) is -0.935. The molecule has 1 amide bonds. The maximum atomic E-state index is 13.4. The van der Waals surface area contributed by atoms with E-state index >= 15 is 0 Å². The number of hydrogen-bond donors (Lipinski definition) is 0. The zero-order valence-corrected chi connectivity index (χ0v) is 13.4. The first-order valence-corrected chi connectivity index (χ1v) is 7.65. The monoisotopic (exact) mass is 351 g/mol. The van der Waals surface area contributed by atoms with Crippen molar-refractivity contribution >= 4 is 11.6 Å². The quantitative estimate of drug-likeness (QED) is 0.771. The summed E-state index contributed by atoms with van der Waals surface area (Å²) in [4.78, 5) is 13.7. The molecule has 2 aromatic carbocycles. The molecule has 0 bridgehead atoms. The molecule has 4 nitrogen and oxygen atoms in total. The summed E-state index contributed by atoms with van der Waals surface area (Å²) < 4.78 is 50.5. The topological polar surface area (TPSA) is 42.1 Å². The number of carbonyl (C=O) groups excluding carboxylic acids is 1. The molecule has 132 valence electrons. The standard InChI is InChI=1S/C18H16F3NO3/c1-22(12-5-3-2-4-6-12)17(23)15-8-7-13(24-10-14-11-25-14)9-16(15)18(19,20)21/h2-9,14H,10-11H2,1H3. The van der Waals surface area contributed by atoms with Crippen molar-refractivity contribution < 1.29 is 27.4 Å². The first-order valence-electron chi connectivity index (χ1n) is 7.65. The summed E-state index contributed by atoms with van der Waals surface area (Å²) in [7, 11) is 1.44. The first kappa shape index (κ1) is 17.3. The van der Waals surface area contributed by atoms with Crippen molar-refractivity contribution in [1.82, 2.24) is 0 Å². The molecule has 25 heavy (non-hydrogen) atoms. The van der Waals surface area contributed by atoms with Crippen LogP contribution >= 0.6 is 0 Å². The minimum atomic E-state index is -4.67. The van der Waals surface area contributed by atoms with E-state index in [4.69, 9.17) is 9.47 Å². The predicted molar refractivity (Wildman–Crippen MR) is 85.9 cm³/mol. The van der Waals surface area contributed by atoms with E-state index in [1.165, 1.54) is 18.0 Å². The number of halogens is 3. The maximum Gasteiger partial charge on any atom is 0.417 e. The fourth-order valence-electron chi connectivity index (χ4n) is 2.34. The highest BCUT2D eigenvalue weighted by atomic mass is 19.4. The molecule has 0 aromatic heterocycles. The minimum Gasteiger partial charge on any atom is -0.491 e. The summed E-state index contributed by atoms with van der Waals surface area (Å²) in [6.45, 7) is 0.735. The second-order valence-corrected chi connectivity index (χ2v) is 5.67. The molecule has 1 unspecified atom stereocenters. The second-order valence-electron chi connectivity index (χ2n) is 5.67. The molecule has 3 rings (SSSR count). The molecule has 7 heteroatoms. The molecule has 2 aromatic rings. The molecule has 0 aliphatic carbocycles. The summed E-state index contributed by atoms with van der Waals surface area (Å²) in [5, 5.41) is 0. The van der Waals surface area contributed by atoms with E-state index in [9.17, 15) is 18.0 Å². The van der Waals surface area contributed by atoms with E-state index in [1.54, 1.807) is 30.3 Å². The second kappa shape index (κ2) is 6.76. The molecular weight excluding hydrogens is 335 g/mol. The number of amides is 1. The molecule has 0 radical (unpaired) electrons. The van der Waals surface area contributed by atoms with Crippen LogP contribution in [0.1, 0.15) is 15.9 Å². The van der Waals surface area contributed by atoms with Crippen LogP contribution in [0.15, 0.2) is 48.5 Å². The van der Waals surface area contributed by atoms with Crippen LogP contribution in [0, 0.1) is 0 Å². The van der Waals surface area contributed by atoms with Crippen molar-refractivity contribution in [3.63, 3.8) is 0 Å². The Labute approximate surface area is 142 Å². The third-order valence-electron chi connectivity index (χ3n) is 3.81. The fourth-order valence-corrected chi connectivity index (χ4v) is 2.34. The Kier molecular flexibility index (Phi) is 4.67. The van der Waals surface area contributed by atoms with E-state index in [-0.39, 0.29) is 18.5 Å². The first-order chi connectivity index (χ1) is 11.9. The third kappa shape index (κ3) is 4.11. The van der Waals surface area contributed by atoms with E-state index in [0.717, 1.165) is 12.1 Å². The van der Waals surface area contributed by atoms with Gasteiger partial charge in [0.1, 0.15) is 18.5 Å². The van der Waals surface area contributed by atoms with Gasteiger partial charge in [-0.1, -0.05) is 18.2 Å². The number of hydrogen-bond acceptors (Lipinski definition) is 3. The van der Waals surface area contributed by atoms with Crippen LogP contribution in [0.25, 0.3) is 0 Å². The smallest absolute Gasteiger partial charge is 0.417 e. The van der Waals surface area contributed by atoms with Crippen molar-refractivity contribution in [3.05, 3.63) is 59.7 Å². The molecule has 1 atom stereocenters. The Morgan fingerprint density at radius 1 is 1.24 bits per heavy atom. The van der Waals surface area contributed by atoms with Crippen LogP contribution in [-0.2, 0) is 10.9 Å². The molecule has 0 spiro atoms. The fraction of sp³-hybridized carbons (Fsp3) is 0.278. The summed E-state index contributed by atoms with van der Waals surface area (Å²) >= 11 is 0. The number of rotatable bonds is 5. The van der Waals surface area contributed by atoms with Gasteiger partial charge in [-0.05, 0) is 30.3 Å². The highest BCUT2D eigenvalue weighted by molar-refractivity contribution is 6.06. The van der Waals surface area contributed by atoms with Gasteiger partial charge in [-0.15, -0.1) is 0 Å². The van der Waals surface area contributed by atoms with Gasteiger partial charge in [-0.2, -0.15) is 13.2 Å². The lowest BCUT2D eigenvalue weighted by molar-refractivity contribution is -0.138. The summed E-state index contributed by atoms with van der Waals surface area (Å²) in [6, 6.07) is 11.8. The summed E-state index contributed by atoms with van der Waals surface area (Å²) in [6.07, 6.45) is -4.74. The number of benzene rings is 2. The van der Waals surface area contributed by atoms with Crippen LogP contribution in [0.5, 0.6) is 5.75 Å². The van der Waals surface area contributed by atoms with Gasteiger partial charge in [0.2, 0.25) is 0 Å². The zero-order valence-electron chi connectivity index (χ0n) is 13.4. The number of alkyl halides is 3. The van der Waals surface area contributed by atoms with Crippen LogP contribution in [0.3, 0.4) is 0 Å². The predicted octanol–water partition coefficient (Wildman–Crippen LogP) is 3.76. The van der Waals surface area contributed by atoms with E-state index in [0.29, 0.717) is 12.3 Å². The van der Waals surface area contributed by atoms with Gasteiger partial charge in [-0.3, -0.25) is 4.79 Å². The number of nitrogens with zero attached hydrogens (tertiary/aromatic N) is 1. The Morgan fingerprint density at radius 2 is 1.92 bits per heavy atom. The lowest BCUT2D eigenvalue weighted by Crippen LogP contribution is -2.28. The summed E-state index contributed by atoms with van der Waals surface area (Å²) in [5.74, 6) is -0.683. The van der Waals surface area contributed by atoms with Gasteiger partial charge in [0.25, 0.3) is 5.91 Å². The highest BCUT2D eigenvalue weighted by Crippen LogP contribution is 2.35. The van der Waals surface area contributed by atoms with Crippen molar-refractivity contribution in [2.24, 2.45) is 0 Å². The number of para-hydroxylation sites is 1. The van der Waals surface area contributed by atoms with Crippen LogP contribution in [0.4, 0.5) is 18.9 Å². The number of ether oxygens (including phenoxy) is 2. The molecule has 1 heterocycles. The van der Waals surface area contributed by atoms with E-state index in [2.05, 4.69) is 0 Å². The normalized spacial score (nSPS) is 16.4. The van der Waals surface area contributed by atoms with Crippen molar-refractivity contribution in [2.45, 2.75) is 12.3 Å². The van der Waals surface area contributed by atoms with Crippen LogP contribution < -0.4 is 9.64 Å². The molecule has 1 aliphatic heterocycles. The molecule has 0 saturated carbocycles. The van der Waals surface area contributed by atoms with Crippen molar-refractivity contribution in [3.8, 4) is 5.75 Å². The Balaban J connectivity index is 1.89. The Morgan fingerprint density at radius 3 is 2.52 bits per heavy atom. The van der Waals surface area contributed by atoms with Gasteiger partial charge >= 0.3 is 6.18 Å². The largest absolute Gasteiger partial charge is 0.491 e. The molecule has 1 aliphatic rings. The van der Waals surface area contributed by atoms with Gasteiger partial charge in [0.15, 0.2) is 0 Å². The molecular formula is C18H16F3NO3. The average Bonchev–Trinajstić information content (AvgIpc) is 3.43. The number of epoxide rings is 1. The number of anilines is 1.